The third-order valence-corrected chi connectivity index (χ3v) is 2.86. The van der Waals surface area contributed by atoms with Gasteiger partial charge in [0.15, 0.2) is 5.82 Å². The molecule has 0 aliphatic rings. The van der Waals surface area contributed by atoms with Crippen LogP contribution in [-0.4, -0.2) is 23.9 Å². The smallest absolute Gasteiger partial charge is 0.304 e. The number of nitrogens with zero attached hydrogens (tertiary/aromatic N) is 5. The lowest BCUT2D eigenvalue weighted by Gasteiger charge is -2.09. The molecule has 0 amide bonds. The number of aromatic nitrogens is 5. The second-order valence-electron chi connectivity index (χ2n) is 4.31. The monoisotopic (exact) mass is 264 g/mol. The second kappa shape index (κ2) is 5.19. The Bertz CT molecular complexity index is 696. The van der Waals surface area contributed by atoms with Gasteiger partial charge < -0.3 is 5.32 Å². The summed E-state index contributed by atoms with van der Waals surface area (Å²) in [4.78, 5) is 27.3. The molecule has 0 unspecified atom stereocenters. The van der Waals surface area contributed by atoms with Gasteiger partial charge in [-0.15, -0.1) is 0 Å². The summed E-state index contributed by atoms with van der Waals surface area (Å²) < 4.78 is 4.13. The van der Waals surface area contributed by atoms with Gasteiger partial charge in [-0.1, -0.05) is 0 Å². The van der Waals surface area contributed by atoms with Gasteiger partial charge in [-0.05, 0) is 0 Å². The van der Waals surface area contributed by atoms with Crippen molar-refractivity contribution >= 4 is 0 Å². The van der Waals surface area contributed by atoms with Crippen LogP contribution in [0.1, 0.15) is 11.5 Å². The Kier molecular flexibility index (Phi) is 3.61. The Labute approximate surface area is 109 Å². The van der Waals surface area contributed by atoms with Gasteiger partial charge in [-0.25, -0.2) is 9.78 Å². The molecule has 8 heteroatoms. The first-order chi connectivity index (χ1) is 8.99. The van der Waals surface area contributed by atoms with Crippen molar-refractivity contribution in [1.29, 1.82) is 0 Å². The molecule has 8 nitrogen and oxygen atoms in total. The van der Waals surface area contributed by atoms with Gasteiger partial charge >= 0.3 is 5.69 Å². The Morgan fingerprint density at radius 1 is 1.16 bits per heavy atom. The maximum absolute atomic E-state index is 11.7. The Morgan fingerprint density at radius 3 is 2.53 bits per heavy atom. The van der Waals surface area contributed by atoms with Crippen LogP contribution >= 0.6 is 0 Å². The van der Waals surface area contributed by atoms with E-state index in [-0.39, 0.29) is 11.2 Å². The maximum Gasteiger partial charge on any atom is 0.330 e. The van der Waals surface area contributed by atoms with Gasteiger partial charge in [0.1, 0.15) is 6.33 Å². The fraction of sp³-hybridized carbons (Fsp3) is 0.455. The minimum Gasteiger partial charge on any atom is -0.304 e. The van der Waals surface area contributed by atoms with E-state index >= 15 is 0 Å². The highest BCUT2D eigenvalue weighted by atomic mass is 16.2. The highest BCUT2D eigenvalue weighted by Gasteiger charge is 2.06. The highest BCUT2D eigenvalue weighted by molar-refractivity contribution is 5.02. The van der Waals surface area contributed by atoms with Crippen molar-refractivity contribution in [2.24, 2.45) is 21.1 Å². The molecule has 2 rings (SSSR count). The molecule has 0 spiro atoms. The van der Waals surface area contributed by atoms with Crippen LogP contribution < -0.4 is 16.6 Å². The van der Waals surface area contributed by atoms with E-state index in [0.717, 1.165) is 4.57 Å². The maximum atomic E-state index is 11.7. The van der Waals surface area contributed by atoms with Gasteiger partial charge in [0.05, 0.1) is 6.54 Å². The minimum absolute atomic E-state index is 0.309. The zero-order valence-corrected chi connectivity index (χ0v) is 11.1. The van der Waals surface area contributed by atoms with Crippen LogP contribution in [0.5, 0.6) is 0 Å². The minimum atomic E-state index is -0.333. The first kappa shape index (κ1) is 13.2. The number of hydrogen-bond acceptors (Lipinski definition) is 5. The fourth-order valence-electron chi connectivity index (χ4n) is 1.72. The van der Waals surface area contributed by atoms with Gasteiger partial charge in [-0.3, -0.25) is 18.6 Å². The lowest BCUT2D eigenvalue weighted by Crippen LogP contribution is -2.39. The predicted molar refractivity (Wildman–Crippen MR) is 68.5 cm³/mol. The Morgan fingerprint density at radius 2 is 1.89 bits per heavy atom. The molecule has 0 aromatic carbocycles. The first-order valence-corrected chi connectivity index (χ1v) is 5.80. The molecule has 0 radical (unpaired) electrons. The predicted octanol–water partition coefficient (Wildman–Crippen LogP) is -1.50. The van der Waals surface area contributed by atoms with Gasteiger partial charge in [-0.2, -0.15) is 5.10 Å². The van der Waals surface area contributed by atoms with Crippen molar-refractivity contribution in [2.45, 2.75) is 13.1 Å². The number of aryl methyl sites for hydroxylation is 1. The Balaban J connectivity index is 2.08. The zero-order chi connectivity index (χ0) is 14.0. The van der Waals surface area contributed by atoms with E-state index in [1.54, 1.807) is 25.1 Å². The van der Waals surface area contributed by atoms with Crippen LogP contribution in [0.3, 0.4) is 0 Å². The van der Waals surface area contributed by atoms with Crippen molar-refractivity contribution in [3.8, 4) is 0 Å². The summed E-state index contributed by atoms with van der Waals surface area (Å²) >= 11 is 0. The first-order valence-electron chi connectivity index (χ1n) is 5.80. The summed E-state index contributed by atoms with van der Waals surface area (Å²) in [5.74, 6) is 0.663. The van der Waals surface area contributed by atoms with E-state index in [1.165, 1.54) is 17.7 Å². The van der Waals surface area contributed by atoms with E-state index in [0.29, 0.717) is 24.6 Å². The normalized spacial score (nSPS) is 10.9. The average molecular weight is 264 g/mol. The van der Waals surface area contributed by atoms with Crippen LogP contribution in [0.2, 0.25) is 0 Å². The molecule has 2 heterocycles. The molecule has 0 fully saturated rings. The molecule has 1 N–H and O–H groups in total. The molecule has 0 bridgehead atoms. The number of nitrogens with one attached hydrogen (secondary N) is 1. The van der Waals surface area contributed by atoms with Crippen LogP contribution in [0.15, 0.2) is 22.0 Å². The summed E-state index contributed by atoms with van der Waals surface area (Å²) in [7, 11) is 4.89. The Hall–Kier alpha value is -2.22. The molecular weight excluding hydrogens is 248 g/mol. The summed E-state index contributed by atoms with van der Waals surface area (Å²) in [5.41, 5.74) is -0.0137. The molecular formula is C11H16N6O2. The lowest BCUT2D eigenvalue weighted by molar-refractivity contribution is 0.588. The standard InChI is InChI=1S/C11H16N6O2/c1-15-7-13-9(14-15)6-12-5-8-4-10(18)17(3)11(19)16(8)2/h4,7,12H,5-6H2,1-3H3. The summed E-state index contributed by atoms with van der Waals surface area (Å²) in [5, 5.41) is 7.22. The van der Waals surface area contributed by atoms with Crippen molar-refractivity contribution in [1.82, 2.24) is 29.2 Å². The average Bonchev–Trinajstić information content (AvgIpc) is 2.79. The molecule has 0 aliphatic carbocycles. The van der Waals surface area contributed by atoms with Crippen LogP contribution in [0, 0.1) is 0 Å². The van der Waals surface area contributed by atoms with Crippen LogP contribution in [-0.2, 0) is 34.2 Å². The summed E-state index contributed by atoms with van der Waals surface area (Å²) in [6, 6.07) is 1.44. The van der Waals surface area contributed by atoms with Crippen molar-refractivity contribution in [3.05, 3.63) is 44.8 Å². The van der Waals surface area contributed by atoms with Gasteiger partial charge in [0.25, 0.3) is 5.56 Å². The third-order valence-electron chi connectivity index (χ3n) is 2.86. The zero-order valence-electron chi connectivity index (χ0n) is 11.1. The lowest BCUT2D eigenvalue weighted by atomic mass is 10.3. The SMILES string of the molecule is Cn1cnc(CNCc2cc(=O)n(C)c(=O)n2C)n1. The topological polar surface area (TPSA) is 86.7 Å². The van der Waals surface area contributed by atoms with Crippen LogP contribution in [0.25, 0.3) is 0 Å². The molecule has 0 atom stereocenters. The van der Waals surface area contributed by atoms with E-state index in [2.05, 4.69) is 15.4 Å². The molecule has 19 heavy (non-hydrogen) atoms. The quantitative estimate of drug-likeness (QED) is 0.726. The summed E-state index contributed by atoms with van der Waals surface area (Å²) in [6.07, 6.45) is 1.62. The fourth-order valence-corrected chi connectivity index (χ4v) is 1.72. The van der Waals surface area contributed by atoms with Gasteiger partial charge in [0.2, 0.25) is 0 Å². The highest BCUT2D eigenvalue weighted by Crippen LogP contribution is 1.92. The van der Waals surface area contributed by atoms with Crippen molar-refractivity contribution in [2.75, 3.05) is 0 Å². The van der Waals surface area contributed by atoms with E-state index in [1.807, 2.05) is 0 Å². The third kappa shape index (κ3) is 2.79. The number of hydrogen-bond donors (Lipinski definition) is 1. The summed E-state index contributed by atoms with van der Waals surface area (Å²) in [6.45, 7) is 0.879. The molecule has 2 aromatic rings. The number of rotatable bonds is 4. The van der Waals surface area contributed by atoms with E-state index in [4.69, 9.17) is 0 Å². The largest absolute Gasteiger partial charge is 0.330 e. The molecule has 0 saturated carbocycles. The molecule has 0 aliphatic heterocycles. The van der Waals surface area contributed by atoms with E-state index < -0.39 is 0 Å². The molecule has 0 saturated heterocycles. The van der Waals surface area contributed by atoms with Crippen molar-refractivity contribution in [3.63, 3.8) is 0 Å². The van der Waals surface area contributed by atoms with Crippen LogP contribution in [0.4, 0.5) is 0 Å². The van der Waals surface area contributed by atoms with E-state index in [9.17, 15) is 9.59 Å². The van der Waals surface area contributed by atoms with Gasteiger partial charge in [0, 0.05) is 39.4 Å². The molecule has 2 aromatic heterocycles. The molecule has 102 valence electrons. The van der Waals surface area contributed by atoms with Crippen molar-refractivity contribution < 1.29 is 0 Å². The second-order valence-corrected chi connectivity index (χ2v) is 4.31.